The molecule has 0 atom stereocenters. The van der Waals surface area contributed by atoms with Gasteiger partial charge in [0.15, 0.2) is 5.78 Å². The average Bonchev–Trinajstić information content (AvgIpc) is 2.86. The summed E-state index contributed by atoms with van der Waals surface area (Å²) in [7, 11) is 1.26. The van der Waals surface area contributed by atoms with Crippen LogP contribution in [0, 0.1) is 0 Å². The van der Waals surface area contributed by atoms with E-state index < -0.39 is 5.97 Å². The van der Waals surface area contributed by atoms with Crippen LogP contribution in [0.1, 0.15) is 26.4 Å². The van der Waals surface area contributed by atoms with Gasteiger partial charge in [0, 0.05) is 22.3 Å². The van der Waals surface area contributed by atoms with Gasteiger partial charge in [-0.1, -0.05) is 23.2 Å². The number of ketones is 1. The number of hydrogen-bond donors (Lipinski definition) is 1. The van der Waals surface area contributed by atoms with Crippen LogP contribution in [0.15, 0.2) is 30.5 Å². The number of benzene rings is 1. The van der Waals surface area contributed by atoms with E-state index in [4.69, 9.17) is 23.2 Å². The van der Waals surface area contributed by atoms with Crippen LogP contribution in [0.3, 0.4) is 0 Å². The number of H-pyrrole nitrogens is 1. The third kappa shape index (κ3) is 2.80. The normalized spacial score (nSPS) is 10.3. The van der Waals surface area contributed by atoms with Crippen molar-refractivity contribution < 1.29 is 14.3 Å². The zero-order chi connectivity index (χ0) is 14.0. The Hall–Kier alpha value is -1.78. The Balaban J connectivity index is 2.34. The van der Waals surface area contributed by atoms with Crippen LogP contribution in [0.5, 0.6) is 0 Å². The number of aromatic amines is 1. The largest absolute Gasteiger partial charge is 0.464 e. The fourth-order valence-corrected chi connectivity index (χ4v) is 2.08. The molecular formula is C13H9Cl2NO3. The van der Waals surface area contributed by atoms with Crippen LogP contribution >= 0.6 is 23.2 Å². The molecule has 1 aromatic heterocycles. The predicted molar refractivity (Wildman–Crippen MR) is 72.0 cm³/mol. The lowest BCUT2D eigenvalue weighted by Gasteiger charge is -2.01. The number of halogens is 2. The van der Waals surface area contributed by atoms with Gasteiger partial charge in [-0.25, -0.2) is 4.79 Å². The Morgan fingerprint density at radius 2 is 1.95 bits per heavy atom. The van der Waals surface area contributed by atoms with Gasteiger partial charge in [0.2, 0.25) is 0 Å². The van der Waals surface area contributed by atoms with Gasteiger partial charge >= 0.3 is 5.97 Å². The SMILES string of the molecule is COC(=O)c1cc(C(=O)c2ccc(Cl)cc2Cl)c[nH]1. The maximum absolute atomic E-state index is 12.2. The van der Waals surface area contributed by atoms with E-state index in [0.717, 1.165) is 0 Å². The molecule has 0 bridgehead atoms. The predicted octanol–water partition coefficient (Wildman–Crippen LogP) is 3.34. The summed E-state index contributed by atoms with van der Waals surface area (Å²) in [6.07, 6.45) is 1.43. The van der Waals surface area contributed by atoms with Crippen molar-refractivity contribution in [3.05, 3.63) is 57.3 Å². The molecule has 1 aromatic carbocycles. The molecule has 0 saturated heterocycles. The van der Waals surface area contributed by atoms with Crippen molar-refractivity contribution in [3.8, 4) is 0 Å². The first-order valence-electron chi connectivity index (χ1n) is 5.29. The molecule has 1 N–H and O–H groups in total. The molecule has 98 valence electrons. The molecule has 0 amide bonds. The molecule has 2 rings (SSSR count). The Morgan fingerprint density at radius 1 is 1.21 bits per heavy atom. The molecule has 0 saturated carbocycles. The number of rotatable bonds is 3. The van der Waals surface area contributed by atoms with Gasteiger partial charge in [-0.05, 0) is 24.3 Å². The Morgan fingerprint density at radius 3 is 2.58 bits per heavy atom. The first kappa shape index (κ1) is 13.6. The number of aromatic nitrogens is 1. The fourth-order valence-electron chi connectivity index (χ4n) is 1.58. The van der Waals surface area contributed by atoms with Gasteiger partial charge < -0.3 is 9.72 Å². The minimum absolute atomic E-state index is 0.205. The lowest BCUT2D eigenvalue weighted by atomic mass is 10.1. The summed E-state index contributed by atoms with van der Waals surface area (Å²) in [6, 6.07) is 6.02. The van der Waals surface area contributed by atoms with Gasteiger partial charge in [-0.3, -0.25) is 4.79 Å². The quantitative estimate of drug-likeness (QED) is 0.698. The van der Waals surface area contributed by atoms with Crippen LogP contribution < -0.4 is 0 Å². The lowest BCUT2D eigenvalue weighted by Crippen LogP contribution is -2.02. The van der Waals surface area contributed by atoms with E-state index in [-0.39, 0.29) is 16.5 Å². The van der Waals surface area contributed by atoms with E-state index in [2.05, 4.69) is 9.72 Å². The van der Waals surface area contributed by atoms with E-state index >= 15 is 0 Å². The van der Waals surface area contributed by atoms with Crippen molar-refractivity contribution in [2.75, 3.05) is 7.11 Å². The summed E-state index contributed by atoms with van der Waals surface area (Å²) in [5, 5.41) is 0.712. The molecule has 2 aromatic rings. The number of carbonyl (C=O) groups excluding carboxylic acids is 2. The van der Waals surface area contributed by atoms with Crippen LogP contribution in [0.4, 0.5) is 0 Å². The molecule has 0 aliphatic heterocycles. The Kier molecular flexibility index (Phi) is 3.93. The fraction of sp³-hybridized carbons (Fsp3) is 0.0769. The molecule has 1 heterocycles. The van der Waals surface area contributed by atoms with Crippen molar-refractivity contribution in [2.24, 2.45) is 0 Å². The van der Waals surface area contributed by atoms with E-state index in [9.17, 15) is 9.59 Å². The van der Waals surface area contributed by atoms with Crippen molar-refractivity contribution >= 4 is 35.0 Å². The Labute approximate surface area is 119 Å². The van der Waals surface area contributed by atoms with Crippen molar-refractivity contribution in [2.45, 2.75) is 0 Å². The molecule has 19 heavy (non-hydrogen) atoms. The highest BCUT2D eigenvalue weighted by Gasteiger charge is 2.17. The smallest absolute Gasteiger partial charge is 0.354 e. The number of ether oxygens (including phenoxy) is 1. The minimum atomic E-state index is -0.541. The first-order valence-corrected chi connectivity index (χ1v) is 6.05. The number of methoxy groups -OCH3 is 1. The molecular weight excluding hydrogens is 289 g/mol. The van der Waals surface area contributed by atoms with Gasteiger partial charge in [-0.2, -0.15) is 0 Å². The zero-order valence-electron chi connectivity index (χ0n) is 9.87. The third-order valence-corrected chi connectivity index (χ3v) is 3.07. The minimum Gasteiger partial charge on any atom is -0.464 e. The van der Waals surface area contributed by atoms with E-state index in [1.54, 1.807) is 6.07 Å². The number of esters is 1. The monoisotopic (exact) mass is 297 g/mol. The molecule has 0 aliphatic carbocycles. The summed E-state index contributed by atoms with van der Waals surface area (Å²) in [6.45, 7) is 0. The summed E-state index contributed by atoms with van der Waals surface area (Å²) in [5.41, 5.74) is 0.849. The Bertz CT molecular complexity index is 649. The second-order valence-electron chi connectivity index (χ2n) is 3.75. The van der Waals surface area contributed by atoms with Gasteiger partial charge in [0.25, 0.3) is 0 Å². The van der Waals surface area contributed by atoms with Crippen LogP contribution in [-0.4, -0.2) is 23.8 Å². The maximum atomic E-state index is 12.2. The number of carbonyl (C=O) groups is 2. The van der Waals surface area contributed by atoms with Crippen LogP contribution in [-0.2, 0) is 4.74 Å². The standard InChI is InChI=1S/C13H9Cl2NO3/c1-19-13(18)11-4-7(6-16-11)12(17)9-3-2-8(14)5-10(9)15/h2-6,16H,1H3. The van der Waals surface area contributed by atoms with Gasteiger partial charge in [-0.15, -0.1) is 0 Å². The molecule has 0 fully saturated rings. The van der Waals surface area contributed by atoms with Crippen molar-refractivity contribution in [3.63, 3.8) is 0 Å². The highest BCUT2D eigenvalue weighted by Crippen LogP contribution is 2.23. The first-order chi connectivity index (χ1) is 9.02. The summed E-state index contributed by atoms with van der Waals surface area (Å²) in [4.78, 5) is 26.2. The second kappa shape index (κ2) is 5.47. The molecule has 6 heteroatoms. The summed E-state index contributed by atoms with van der Waals surface area (Å²) >= 11 is 11.7. The lowest BCUT2D eigenvalue weighted by molar-refractivity contribution is 0.0595. The van der Waals surface area contributed by atoms with E-state index in [1.807, 2.05) is 0 Å². The topological polar surface area (TPSA) is 59.2 Å². The highest BCUT2D eigenvalue weighted by atomic mass is 35.5. The highest BCUT2D eigenvalue weighted by molar-refractivity contribution is 6.37. The molecule has 0 unspecified atom stereocenters. The van der Waals surface area contributed by atoms with Crippen LogP contribution in [0.25, 0.3) is 0 Å². The number of nitrogens with one attached hydrogen (secondary N) is 1. The van der Waals surface area contributed by atoms with E-state index in [1.165, 1.54) is 31.5 Å². The molecule has 0 aliphatic rings. The average molecular weight is 298 g/mol. The van der Waals surface area contributed by atoms with Crippen molar-refractivity contribution in [1.29, 1.82) is 0 Å². The molecule has 0 spiro atoms. The van der Waals surface area contributed by atoms with E-state index in [0.29, 0.717) is 16.1 Å². The zero-order valence-corrected chi connectivity index (χ0v) is 11.4. The van der Waals surface area contributed by atoms with Gasteiger partial charge in [0.1, 0.15) is 5.69 Å². The number of hydrogen-bond acceptors (Lipinski definition) is 3. The molecule has 4 nitrogen and oxygen atoms in total. The summed E-state index contributed by atoms with van der Waals surface area (Å²) in [5.74, 6) is -0.839. The van der Waals surface area contributed by atoms with Crippen molar-refractivity contribution in [1.82, 2.24) is 4.98 Å². The third-order valence-electron chi connectivity index (χ3n) is 2.53. The van der Waals surface area contributed by atoms with Gasteiger partial charge in [0.05, 0.1) is 12.1 Å². The molecule has 0 radical (unpaired) electrons. The second-order valence-corrected chi connectivity index (χ2v) is 4.59. The van der Waals surface area contributed by atoms with Crippen LogP contribution in [0.2, 0.25) is 10.0 Å². The summed E-state index contributed by atoms with van der Waals surface area (Å²) < 4.78 is 4.55. The maximum Gasteiger partial charge on any atom is 0.354 e.